The van der Waals surface area contributed by atoms with E-state index in [2.05, 4.69) is 61.5 Å². The monoisotopic (exact) mass is 386 g/mol. The molecule has 0 atom stereocenters. The van der Waals surface area contributed by atoms with Crippen LogP contribution in [0, 0.1) is 0 Å². The normalized spacial score (nSPS) is 10.8. The van der Waals surface area contributed by atoms with Crippen LogP contribution in [0.3, 0.4) is 0 Å². The summed E-state index contributed by atoms with van der Waals surface area (Å²) in [6, 6.07) is 28.7. The Morgan fingerprint density at radius 2 is 1.28 bits per heavy atom. The second kappa shape index (κ2) is 11.2. The van der Waals surface area contributed by atoms with E-state index >= 15 is 0 Å². The van der Waals surface area contributed by atoms with Gasteiger partial charge in [-0.15, -0.1) is 0 Å². The predicted molar refractivity (Wildman–Crippen MR) is 119 cm³/mol. The summed E-state index contributed by atoms with van der Waals surface area (Å²) < 4.78 is 5.84. The Bertz CT molecular complexity index is 832. The summed E-state index contributed by atoms with van der Waals surface area (Å²) in [5.41, 5.74) is 3.38. The molecule has 29 heavy (non-hydrogen) atoms. The van der Waals surface area contributed by atoms with Crippen LogP contribution in [0.1, 0.15) is 68.1 Å². The molecule has 3 aromatic carbocycles. The lowest BCUT2D eigenvalue weighted by Gasteiger charge is -2.21. The molecule has 0 bridgehead atoms. The van der Waals surface area contributed by atoms with Crippen molar-refractivity contribution in [2.24, 2.45) is 0 Å². The van der Waals surface area contributed by atoms with E-state index in [4.69, 9.17) is 4.74 Å². The molecule has 0 heterocycles. The summed E-state index contributed by atoms with van der Waals surface area (Å²) in [6.45, 7) is 2.20. The summed E-state index contributed by atoms with van der Waals surface area (Å²) in [5, 5.41) is 0. The summed E-state index contributed by atoms with van der Waals surface area (Å²) in [6.07, 6.45) is 6.07. The molecule has 2 nitrogen and oxygen atoms in total. The highest BCUT2D eigenvalue weighted by Gasteiger charge is 2.21. The van der Waals surface area contributed by atoms with Crippen molar-refractivity contribution < 1.29 is 9.53 Å². The number of ether oxygens (including phenoxy) is 1. The molecule has 0 N–H and O–H groups in total. The topological polar surface area (TPSA) is 26.3 Å². The maximum Gasteiger partial charge on any atom is 0.311 e. The van der Waals surface area contributed by atoms with Crippen LogP contribution in [0.2, 0.25) is 0 Å². The molecule has 0 aliphatic carbocycles. The zero-order chi connectivity index (χ0) is 20.3. The molecular weight excluding hydrogens is 356 g/mol. The molecule has 150 valence electrons. The van der Waals surface area contributed by atoms with Crippen molar-refractivity contribution in [2.75, 3.05) is 0 Å². The average Bonchev–Trinajstić information content (AvgIpc) is 2.76. The Kier molecular flexibility index (Phi) is 8.06. The van der Waals surface area contributed by atoms with E-state index < -0.39 is 0 Å². The SMILES string of the molecule is CCCCCCCC(=O)Oc1ccccc1C(c1ccccc1)c1ccccc1. The molecule has 0 saturated heterocycles. The van der Waals surface area contributed by atoms with E-state index in [0.717, 1.165) is 18.4 Å². The van der Waals surface area contributed by atoms with Gasteiger partial charge in [-0.1, -0.05) is 111 Å². The molecule has 0 aliphatic rings. The molecule has 0 spiro atoms. The number of hydrogen-bond donors (Lipinski definition) is 0. The van der Waals surface area contributed by atoms with Gasteiger partial charge in [0.05, 0.1) is 0 Å². The summed E-state index contributed by atoms with van der Waals surface area (Å²) >= 11 is 0. The van der Waals surface area contributed by atoms with Gasteiger partial charge in [0.1, 0.15) is 5.75 Å². The first-order chi connectivity index (χ1) is 14.3. The lowest BCUT2D eigenvalue weighted by Crippen LogP contribution is -2.11. The van der Waals surface area contributed by atoms with Crippen molar-refractivity contribution in [1.82, 2.24) is 0 Å². The number of rotatable bonds is 10. The molecule has 0 unspecified atom stereocenters. The Morgan fingerprint density at radius 3 is 1.90 bits per heavy atom. The lowest BCUT2D eigenvalue weighted by molar-refractivity contribution is -0.134. The van der Waals surface area contributed by atoms with E-state index in [9.17, 15) is 4.79 Å². The molecule has 0 radical (unpaired) electrons. The molecule has 0 amide bonds. The van der Waals surface area contributed by atoms with Gasteiger partial charge in [0.2, 0.25) is 0 Å². The molecular formula is C27H30O2. The smallest absolute Gasteiger partial charge is 0.311 e. The van der Waals surface area contributed by atoms with Crippen molar-refractivity contribution in [3.8, 4) is 5.75 Å². The Hall–Kier alpha value is -2.87. The van der Waals surface area contributed by atoms with Gasteiger partial charge in [0.15, 0.2) is 0 Å². The van der Waals surface area contributed by atoms with Crippen molar-refractivity contribution >= 4 is 5.97 Å². The second-order valence-electron chi connectivity index (χ2n) is 7.43. The standard InChI is InChI=1S/C27H30O2/c1-2-3-4-5-12-21-26(28)29-25-20-14-13-19-24(25)27(22-15-8-6-9-16-22)23-17-10-7-11-18-23/h6-11,13-20,27H,2-5,12,21H2,1H3. The Labute approximate surface area is 174 Å². The predicted octanol–water partition coefficient (Wildman–Crippen LogP) is 7.13. The number of esters is 1. The first-order valence-electron chi connectivity index (χ1n) is 10.7. The second-order valence-corrected chi connectivity index (χ2v) is 7.43. The third-order valence-electron chi connectivity index (χ3n) is 5.20. The summed E-state index contributed by atoms with van der Waals surface area (Å²) in [5.74, 6) is 0.531. The number of hydrogen-bond acceptors (Lipinski definition) is 2. The third-order valence-corrected chi connectivity index (χ3v) is 5.20. The first-order valence-corrected chi connectivity index (χ1v) is 10.7. The molecule has 0 aliphatic heterocycles. The van der Waals surface area contributed by atoms with Crippen LogP contribution in [0.4, 0.5) is 0 Å². The Morgan fingerprint density at radius 1 is 0.724 bits per heavy atom. The molecule has 0 saturated carbocycles. The number of carbonyl (C=O) groups excluding carboxylic acids is 1. The number of para-hydroxylation sites is 1. The van der Waals surface area contributed by atoms with Crippen molar-refractivity contribution in [1.29, 1.82) is 0 Å². The first kappa shape index (κ1) is 20.9. The van der Waals surface area contributed by atoms with Gasteiger partial charge < -0.3 is 4.74 Å². The van der Waals surface area contributed by atoms with Crippen LogP contribution in [-0.2, 0) is 4.79 Å². The minimum atomic E-state index is -0.145. The maximum absolute atomic E-state index is 12.5. The number of benzene rings is 3. The molecule has 0 aromatic heterocycles. The largest absolute Gasteiger partial charge is 0.426 e. The van der Waals surface area contributed by atoms with Gasteiger partial charge in [-0.2, -0.15) is 0 Å². The van der Waals surface area contributed by atoms with E-state index in [1.165, 1.54) is 30.4 Å². The molecule has 3 aromatic rings. The van der Waals surface area contributed by atoms with E-state index in [0.29, 0.717) is 12.2 Å². The average molecular weight is 387 g/mol. The van der Waals surface area contributed by atoms with Crippen molar-refractivity contribution in [2.45, 2.75) is 51.4 Å². The van der Waals surface area contributed by atoms with Gasteiger partial charge in [0.25, 0.3) is 0 Å². The highest BCUT2D eigenvalue weighted by atomic mass is 16.5. The highest BCUT2D eigenvalue weighted by Crippen LogP contribution is 2.37. The van der Waals surface area contributed by atoms with Gasteiger partial charge in [-0.25, -0.2) is 0 Å². The quantitative estimate of drug-likeness (QED) is 0.160. The highest BCUT2D eigenvalue weighted by molar-refractivity contribution is 5.73. The van der Waals surface area contributed by atoms with Crippen LogP contribution in [0.25, 0.3) is 0 Å². The van der Waals surface area contributed by atoms with Crippen molar-refractivity contribution in [3.63, 3.8) is 0 Å². The minimum absolute atomic E-state index is 0.0194. The van der Waals surface area contributed by atoms with Gasteiger partial charge in [0, 0.05) is 17.9 Å². The lowest BCUT2D eigenvalue weighted by atomic mass is 9.85. The molecule has 2 heteroatoms. The van der Waals surface area contributed by atoms with E-state index in [1.54, 1.807) is 0 Å². The van der Waals surface area contributed by atoms with Gasteiger partial charge in [-0.3, -0.25) is 4.79 Å². The zero-order valence-electron chi connectivity index (χ0n) is 17.2. The minimum Gasteiger partial charge on any atom is -0.426 e. The Balaban J connectivity index is 1.82. The molecule has 0 fully saturated rings. The van der Waals surface area contributed by atoms with Crippen LogP contribution >= 0.6 is 0 Å². The van der Waals surface area contributed by atoms with E-state index in [-0.39, 0.29) is 11.9 Å². The fourth-order valence-electron chi connectivity index (χ4n) is 3.70. The zero-order valence-corrected chi connectivity index (χ0v) is 17.2. The number of carbonyl (C=O) groups is 1. The number of unbranched alkanes of at least 4 members (excludes halogenated alkanes) is 4. The maximum atomic E-state index is 12.5. The fraction of sp³-hybridized carbons (Fsp3) is 0.296. The third kappa shape index (κ3) is 6.05. The van der Waals surface area contributed by atoms with Crippen molar-refractivity contribution in [3.05, 3.63) is 102 Å². The summed E-state index contributed by atoms with van der Waals surface area (Å²) in [4.78, 5) is 12.5. The van der Waals surface area contributed by atoms with Crippen LogP contribution < -0.4 is 4.74 Å². The molecule has 3 rings (SSSR count). The van der Waals surface area contributed by atoms with Crippen LogP contribution in [0.5, 0.6) is 5.75 Å². The summed E-state index contributed by atoms with van der Waals surface area (Å²) in [7, 11) is 0. The van der Waals surface area contributed by atoms with Gasteiger partial charge >= 0.3 is 5.97 Å². The van der Waals surface area contributed by atoms with Gasteiger partial charge in [-0.05, 0) is 23.6 Å². The van der Waals surface area contributed by atoms with E-state index in [1.807, 2.05) is 30.3 Å². The fourth-order valence-corrected chi connectivity index (χ4v) is 3.70. The van der Waals surface area contributed by atoms with Crippen LogP contribution in [0.15, 0.2) is 84.9 Å². The van der Waals surface area contributed by atoms with Crippen LogP contribution in [-0.4, -0.2) is 5.97 Å².